The molecule has 3 atom stereocenters. The molecule has 1 aliphatic rings. The zero-order chi connectivity index (χ0) is 23.1. The van der Waals surface area contributed by atoms with E-state index in [1.54, 1.807) is 6.92 Å². The molecule has 1 unspecified atom stereocenters. The second-order valence-electron chi connectivity index (χ2n) is 8.40. The van der Waals surface area contributed by atoms with Crippen LogP contribution in [0.5, 0.6) is 0 Å². The van der Waals surface area contributed by atoms with Crippen LogP contribution in [0.2, 0.25) is 0 Å². The molecule has 1 heterocycles. The first kappa shape index (κ1) is 24.4. The number of rotatable bonds is 11. The van der Waals surface area contributed by atoms with E-state index in [9.17, 15) is 9.90 Å². The highest BCUT2D eigenvalue weighted by atomic mass is 16.6. The first-order chi connectivity index (χ1) is 15.4. The van der Waals surface area contributed by atoms with Gasteiger partial charge >= 0.3 is 5.97 Å². The molecule has 1 aromatic carbocycles. The smallest absolute Gasteiger partial charge is 0.335 e. The van der Waals surface area contributed by atoms with Crippen molar-refractivity contribution in [1.29, 1.82) is 0 Å². The van der Waals surface area contributed by atoms with Gasteiger partial charge in [0.1, 0.15) is 11.5 Å². The Morgan fingerprint density at radius 3 is 2.62 bits per heavy atom. The molecule has 0 saturated heterocycles. The van der Waals surface area contributed by atoms with Crippen molar-refractivity contribution in [2.45, 2.75) is 84.7 Å². The third-order valence-electron chi connectivity index (χ3n) is 5.87. The zero-order valence-electron chi connectivity index (χ0n) is 19.6. The maximum absolute atomic E-state index is 11.2. The van der Waals surface area contributed by atoms with Crippen molar-refractivity contribution in [2.24, 2.45) is 0 Å². The van der Waals surface area contributed by atoms with Crippen molar-refractivity contribution < 1.29 is 28.5 Å². The van der Waals surface area contributed by atoms with Crippen LogP contribution in [-0.4, -0.2) is 47.6 Å². The quantitative estimate of drug-likeness (QED) is 0.528. The van der Waals surface area contributed by atoms with E-state index in [2.05, 4.69) is 39.0 Å². The zero-order valence-corrected chi connectivity index (χ0v) is 19.6. The van der Waals surface area contributed by atoms with Crippen LogP contribution in [0.3, 0.4) is 0 Å². The van der Waals surface area contributed by atoms with E-state index in [4.69, 9.17) is 23.6 Å². The summed E-state index contributed by atoms with van der Waals surface area (Å²) in [7, 11) is 0. The number of carboxylic acids is 1. The van der Waals surface area contributed by atoms with Crippen LogP contribution in [0.4, 0.5) is 0 Å². The molecule has 7 heteroatoms. The van der Waals surface area contributed by atoms with Crippen LogP contribution >= 0.6 is 0 Å². The maximum atomic E-state index is 11.2. The molecule has 0 amide bonds. The third-order valence-corrected chi connectivity index (χ3v) is 5.87. The fourth-order valence-corrected chi connectivity index (χ4v) is 4.16. The minimum Gasteiger partial charge on any atom is -0.479 e. The maximum Gasteiger partial charge on any atom is 0.335 e. The Balaban J connectivity index is 1.57. The molecule has 1 fully saturated rings. The number of carbonyl (C=O) groups is 1. The summed E-state index contributed by atoms with van der Waals surface area (Å²) in [5.41, 5.74) is 4.19. The predicted molar refractivity (Wildman–Crippen MR) is 121 cm³/mol. The Hall–Kier alpha value is -2.22. The number of hydrogen-bond acceptors (Lipinski definition) is 6. The summed E-state index contributed by atoms with van der Waals surface area (Å²) in [6.45, 7) is 8.77. The first-order valence-corrected chi connectivity index (χ1v) is 11.5. The molecular formula is C25H35NO6. The lowest BCUT2D eigenvalue weighted by Crippen LogP contribution is -2.34. The second-order valence-corrected chi connectivity index (χ2v) is 8.40. The summed E-state index contributed by atoms with van der Waals surface area (Å²) in [5.74, 6) is 0.497. The topological polar surface area (TPSA) is 91.0 Å². The number of aromatic nitrogens is 1. The highest BCUT2D eigenvalue weighted by Crippen LogP contribution is 2.28. The van der Waals surface area contributed by atoms with E-state index in [-0.39, 0.29) is 18.8 Å². The second kappa shape index (κ2) is 11.6. The highest BCUT2D eigenvalue weighted by Gasteiger charge is 2.27. The largest absolute Gasteiger partial charge is 0.479 e. The minimum atomic E-state index is -0.992. The van der Waals surface area contributed by atoms with Crippen LogP contribution in [0.25, 0.3) is 11.5 Å². The Morgan fingerprint density at radius 2 is 1.97 bits per heavy atom. The van der Waals surface area contributed by atoms with Gasteiger partial charge in [0.2, 0.25) is 5.89 Å². The van der Waals surface area contributed by atoms with Gasteiger partial charge in [-0.1, -0.05) is 24.6 Å². The summed E-state index contributed by atoms with van der Waals surface area (Å²) >= 11 is 0. The Morgan fingerprint density at radius 1 is 1.22 bits per heavy atom. The number of ether oxygens (including phenoxy) is 3. The fraction of sp³-hybridized carbons (Fsp3) is 0.600. The van der Waals surface area contributed by atoms with Crippen molar-refractivity contribution in [2.75, 3.05) is 13.2 Å². The highest BCUT2D eigenvalue weighted by molar-refractivity contribution is 5.72. The number of oxazole rings is 1. The standard InChI is InChI=1S/C25H35NO6/c1-5-22-21(26-24(32-22)20-11-10-16(3)12-17(20)4)14-30-18-8-7-9-19(13-18)31-15-23(25(27)28)29-6-2/h10-12,18-19,23H,5-9,13-15H2,1-4H3,(H,27,28)/t18-,19+,23?/m0/s1. The number of nitrogens with zero attached hydrogens (tertiary/aromatic N) is 1. The van der Waals surface area contributed by atoms with Crippen LogP contribution < -0.4 is 0 Å². The number of hydrogen-bond donors (Lipinski definition) is 1. The van der Waals surface area contributed by atoms with Gasteiger partial charge < -0.3 is 23.7 Å². The summed E-state index contributed by atoms with van der Waals surface area (Å²) in [6.07, 6.45) is 3.43. The summed E-state index contributed by atoms with van der Waals surface area (Å²) in [6, 6.07) is 6.25. The van der Waals surface area contributed by atoms with E-state index in [1.165, 1.54) is 5.56 Å². The lowest BCUT2D eigenvalue weighted by molar-refractivity contribution is -0.157. The van der Waals surface area contributed by atoms with Crippen molar-refractivity contribution in [1.82, 2.24) is 4.98 Å². The van der Waals surface area contributed by atoms with Crippen molar-refractivity contribution in [3.63, 3.8) is 0 Å². The van der Waals surface area contributed by atoms with Crippen LogP contribution in [0, 0.1) is 13.8 Å². The van der Waals surface area contributed by atoms with Crippen molar-refractivity contribution >= 4 is 5.97 Å². The van der Waals surface area contributed by atoms with Crippen LogP contribution in [0.1, 0.15) is 62.1 Å². The van der Waals surface area contributed by atoms with Gasteiger partial charge in [0.25, 0.3) is 0 Å². The molecule has 7 nitrogen and oxygen atoms in total. The van der Waals surface area contributed by atoms with Crippen LogP contribution in [-0.2, 0) is 32.0 Å². The van der Waals surface area contributed by atoms with E-state index in [1.807, 2.05) is 0 Å². The number of benzene rings is 1. The lowest BCUT2D eigenvalue weighted by atomic mass is 9.95. The molecule has 1 aliphatic carbocycles. The Labute approximate surface area is 190 Å². The van der Waals surface area contributed by atoms with Gasteiger partial charge in [0, 0.05) is 18.6 Å². The first-order valence-electron chi connectivity index (χ1n) is 11.5. The van der Waals surface area contributed by atoms with Crippen molar-refractivity contribution in [3.05, 3.63) is 40.8 Å². The van der Waals surface area contributed by atoms with Gasteiger partial charge in [-0.2, -0.15) is 0 Å². The van der Waals surface area contributed by atoms with Gasteiger partial charge in [-0.25, -0.2) is 9.78 Å². The van der Waals surface area contributed by atoms with Crippen molar-refractivity contribution in [3.8, 4) is 11.5 Å². The van der Waals surface area contributed by atoms with Gasteiger partial charge in [0.15, 0.2) is 6.10 Å². The predicted octanol–water partition coefficient (Wildman–Crippen LogP) is 4.85. The summed E-state index contributed by atoms with van der Waals surface area (Å²) < 4.78 is 23.3. The minimum absolute atomic E-state index is 0.0234. The molecule has 2 aromatic rings. The molecule has 0 radical (unpaired) electrons. The molecule has 1 N–H and O–H groups in total. The van der Waals surface area contributed by atoms with Crippen LogP contribution in [0.15, 0.2) is 22.6 Å². The number of aryl methyl sites for hydroxylation is 3. The molecular weight excluding hydrogens is 410 g/mol. The average Bonchev–Trinajstić information content (AvgIpc) is 3.18. The normalized spacial score (nSPS) is 19.8. The van der Waals surface area contributed by atoms with E-state index in [0.717, 1.165) is 54.7 Å². The summed E-state index contributed by atoms with van der Waals surface area (Å²) in [5, 5.41) is 9.21. The summed E-state index contributed by atoms with van der Waals surface area (Å²) in [4.78, 5) is 16.0. The molecule has 32 heavy (non-hydrogen) atoms. The molecule has 176 valence electrons. The van der Waals surface area contributed by atoms with E-state index in [0.29, 0.717) is 19.1 Å². The molecule has 0 bridgehead atoms. The van der Waals surface area contributed by atoms with Gasteiger partial charge in [-0.15, -0.1) is 0 Å². The monoisotopic (exact) mass is 445 g/mol. The molecule has 1 saturated carbocycles. The molecule has 3 rings (SSSR count). The molecule has 1 aromatic heterocycles. The Bertz CT molecular complexity index is 893. The van der Waals surface area contributed by atoms with Gasteiger partial charge in [0.05, 0.1) is 25.4 Å². The SMILES string of the molecule is CCOC(CO[C@@H]1CCC[C@H](OCc2nc(-c3ccc(C)cc3C)oc2CC)C1)C(=O)O. The molecule has 0 aliphatic heterocycles. The third kappa shape index (κ3) is 6.40. The van der Waals surface area contributed by atoms with E-state index < -0.39 is 12.1 Å². The molecule has 0 spiro atoms. The average molecular weight is 446 g/mol. The number of aliphatic carboxylic acids is 1. The lowest BCUT2D eigenvalue weighted by Gasteiger charge is -2.29. The van der Waals surface area contributed by atoms with Gasteiger partial charge in [-0.05, 0) is 58.1 Å². The Kier molecular flexibility index (Phi) is 8.84. The van der Waals surface area contributed by atoms with Gasteiger partial charge in [-0.3, -0.25) is 0 Å². The fourth-order valence-electron chi connectivity index (χ4n) is 4.16. The van der Waals surface area contributed by atoms with E-state index >= 15 is 0 Å². The number of carboxylic acid groups (broad SMARTS) is 1.